The molecule has 2 N–H and O–H groups in total. The van der Waals surface area contributed by atoms with E-state index in [2.05, 4.69) is 5.10 Å². The van der Waals surface area contributed by atoms with E-state index in [0.717, 1.165) is 27.8 Å². The van der Waals surface area contributed by atoms with Crippen molar-refractivity contribution in [3.63, 3.8) is 0 Å². The first-order chi connectivity index (χ1) is 8.15. The van der Waals surface area contributed by atoms with Crippen LogP contribution < -0.4 is 5.73 Å². The number of rotatable bonds is 4. The van der Waals surface area contributed by atoms with Crippen LogP contribution in [0.15, 0.2) is 35.5 Å². The van der Waals surface area contributed by atoms with Crippen molar-refractivity contribution >= 4 is 29.1 Å². The summed E-state index contributed by atoms with van der Waals surface area (Å²) in [4.78, 5) is 1.04. The van der Waals surface area contributed by atoms with Crippen LogP contribution in [0.3, 0.4) is 0 Å². The summed E-state index contributed by atoms with van der Waals surface area (Å²) < 4.78 is 1.81. The fourth-order valence-corrected chi connectivity index (χ4v) is 2.77. The molecule has 0 aliphatic carbocycles. The van der Waals surface area contributed by atoms with E-state index in [1.165, 1.54) is 5.56 Å². The summed E-state index contributed by atoms with van der Waals surface area (Å²) >= 11 is 7.81. The van der Waals surface area contributed by atoms with E-state index >= 15 is 0 Å². The number of aromatic nitrogens is 2. The van der Waals surface area contributed by atoms with Gasteiger partial charge in [0, 0.05) is 29.6 Å². The van der Waals surface area contributed by atoms with Gasteiger partial charge in [-0.05, 0) is 30.2 Å². The van der Waals surface area contributed by atoms with Crippen molar-refractivity contribution < 1.29 is 0 Å². The lowest BCUT2D eigenvalue weighted by atomic mass is 10.3. The van der Waals surface area contributed by atoms with E-state index < -0.39 is 0 Å². The molecule has 1 aromatic carbocycles. The second-order valence-electron chi connectivity index (χ2n) is 3.81. The lowest BCUT2D eigenvalue weighted by Gasteiger charge is -2.04. The smallest absolute Gasteiger partial charge is 0.0543 e. The molecule has 2 aromatic rings. The first-order valence-electron chi connectivity index (χ1n) is 5.30. The molecule has 5 heteroatoms. The Morgan fingerprint density at radius 2 is 2.29 bits per heavy atom. The van der Waals surface area contributed by atoms with Crippen LogP contribution in [0.2, 0.25) is 5.02 Å². The van der Waals surface area contributed by atoms with Crippen molar-refractivity contribution in [2.24, 2.45) is 7.05 Å². The molecule has 0 bridgehead atoms. The monoisotopic (exact) mass is 267 g/mol. The molecule has 90 valence electrons. The molecule has 0 saturated heterocycles. The summed E-state index contributed by atoms with van der Waals surface area (Å²) in [5, 5.41) is 4.89. The number of nitrogen functional groups attached to an aromatic ring is 1. The van der Waals surface area contributed by atoms with Crippen molar-refractivity contribution in [3.05, 3.63) is 41.2 Å². The van der Waals surface area contributed by atoms with Crippen LogP contribution in [0.25, 0.3) is 0 Å². The number of hydrogen-bond donors (Lipinski definition) is 1. The van der Waals surface area contributed by atoms with Gasteiger partial charge in [-0.25, -0.2) is 0 Å². The lowest BCUT2D eigenvalue weighted by molar-refractivity contribution is 0.767. The quantitative estimate of drug-likeness (QED) is 0.684. The van der Waals surface area contributed by atoms with Gasteiger partial charge in [0.15, 0.2) is 0 Å². The van der Waals surface area contributed by atoms with Gasteiger partial charge in [-0.3, -0.25) is 4.68 Å². The number of nitrogens with two attached hydrogens (primary N) is 1. The maximum atomic E-state index is 6.09. The average Bonchev–Trinajstić information content (AvgIpc) is 2.69. The highest BCUT2D eigenvalue weighted by Crippen LogP contribution is 2.29. The average molecular weight is 268 g/mol. The molecule has 3 nitrogen and oxygen atoms in total. The minimum atomic E-state index is 0.748. The van der Waals surface area contributed by atoms with Gasteiger partial charge < -0.3 is 5.73 Å². The molecule has 0 saturated carbocycles. The Bertz CT molecular complexity index is 510. The van der Waals surface area contributed by atoms with E-state index in [9.17, 15) is 0 Å². The standard InChI is InChI=1S/C12H14ClN3S/c1-16-8-9(7-15-16)4-5-17-12-6-10(14)2-3-11(12)13/h2-3,6-8H,4-5,14H2,1H3. The van der Waals surface area contributed by atoms with Gasteiger partial charge in [0.25, 0.3) is 0 Å². The molecule has 1 aromatic heterocycles. The molecular weight excluding hydrogens is 254 g/mol. The predicted molar refractivity (Wildman–Crippen MR) is 73.5 cm³/mol. The molecule has 0 atom stereocenters. The summed E-state index contributed by atoms with van der Waals surface area (Å²) in [6.07, 6.45) is 4.90. The molecule has 0 fully saturated rings. The number of nitrogens with zero attached hydrogens (tertiary/aromatic N) is 2. The predicted octanol–water partition coefficient (Wildman–Crippen LogP) is 2.99. The summed E-state index contributed by atoms with van der Waals surface area (Å²) in [7, 11) is 1.92. The summed E-state index contributed by atoms with van der Waals surface area (Å²) in [6, 6.07) is 5.56. The van der Waals surface area contributed by atoms with Gasteiger partial charge in [-0.15, -0.1) is 11.8 Å². The Balaban J connectivity index is 1.91. The molecule has 0 unspecified atom stereocenters. The first kappa shape index (κ1) is 12.3. The molecule has 0 radical (unpaired) electrons. The Hall–Kier alpha value is -1.13. The maximum absolute atomic E-state index is 6.09. The lowest BCUT2D eigenvalue weighted by Crippen LogP contribution is -1.89. The third kappa shape index (κ3) is 3.41. The minimum absolute atomic E-state index is 0.748. The Labute approximate surface area is 110 Å². The largest absolute Gasteiger partial charge is 0.399 e. The number of halogens is 1. The van der Waals surface area contributed by atoms with Crippen molar-refractivity contribution in [3.8, 4) is 0 Å². The van der Waals surface area contributed by atoms with Crippen LogP contribution in [-0.4, -0.2) is 15.5 Å². The molecule has 1 heterocycles. The summed E-state index contributed by atoms with van der Waals surface area (Å²) in [5.41, 5.74) is 7.71. The highest BCUT2D eigenvalue weighted by atomic mass is 35.5. The number of aryl methyl sites for hydroxylation is 2. The minimum Gasteiger partial charge on any atom is -0.399 e. The SMILES string of the molecule is Cn1cc(CCSc2cc(N)ccc2Cl)cn1. The third-order valence-corrected chi connectivity index (χ3v) is 3.86. The summed E-state index contributed by atoms with van der Waals surface area (Å²) in [5.74, 6) is 0.967. The third-order valence-electron chi connectivity index (χ3n) is 2.36. The zero-order chi connectivity index (χ0) is 12.3. The highest BCUT2D eigenvalue weighted by Gasteiger charge is 2.02. The normalized spacial score (nSPS) is 10.7. The fourth-order valence-electron chi connectivity index (χ4n) is 1.51. The Morgan fingerprint density at radius 3 is 3.00 bits per heavy atom. The van der Waals surface area contributed by atoms with E-state index in [4.69, 9.17) is 17.3 Å². The molecule has 0 aliphatic rings. The van der Waals surface area contributed by atoms with Crippen LogP contribution in [0.5, 0.6) is 0 Å². The fraction of sp³-hybridized carbons (Fsp3) is 0.250. The summed E-state index contributed by atoms with van der Waals surface area (Å²) in [6.45, 7) is 0. The molecule has 17 heavy (non-hydrogen) atoms. The molecule has 2 rings (SSSR count). The topological polar surface area (TPSA) is 43.8 Å². The molecule has 0 aliphatic heterocycles. The second-order valence-corrected chi connectivity index (χ2v) is 5.35. The Kier molecular flexibility index (Phi) is 3.97. The zero-order valence-electron chi connectivity index (χ0n) is 9.56. The van der Waals surface area contributed by atoms with Gasteiger partial charge in [-0.1, -0.05) is 11.6 Å². The number of anilines is 1. The molecular formula is C12H14ClN3S. The molecule has 0 amide bonds. The van der Waals surface area contributed by atoms with Crippen LogP contribution in [0, 0.1) is 0 Å². The van der Waals surface area contributed by atoms with Gasteiger partial charge in [0.1, 0.15) is 0 Å². The van der Waals surface area contributed by atoms with Crippen molar-refractivity contribution in [1.82, 2.24) is 9.78 Å². The van der Waals surface area contributed by atoms with Gasteiger partial charge >= 0.3 is 0 Å². The van der Waals surface area contributed by atoms with Gasteiger partial charge in [0.05, 0.1) is 11.2 Å². The highest BCUT2D eigenvalue weighted by molar-refractivity contribution is 7.99. The van der Waals surface area contributed by atoms with Crippen LogP contribution in [-0.2, 0) is 13.5 Å². The first-order valence-corrected chi connectivity index (χ1v) is 6.67. The second kappa shape index (κ2) is 5.47. The van der Waals surface area contributed by atoms with Crippen molar-refractivity contribution in [2.75, 3.05) is 11.5 Å². The van der Waals surface area contributed by atoms with E-state index in [1.54, 1.807) is 11.8 Å². The van der Waals surface area contributed by atoms with Crippen molar-refractivity contribution in [1.29, 1.82) is 0 Å². The van der Waals surface area contributed by atoms with Crippen LogP contribution in [0.1, 0.15) is 5.56 Å². The zero-order valence-corrected chi connectivity index (χ0v) is 11.1. The van der Waals surface area contributed by atoms with Gasteiger partial charge in [-0.2, -0.15) is 5.10 Å². The number of thioether (sulfide) groups is 1. The molecule has 0 spiro atoms. The van der Waals surface area contributed by atoms with E-state index in [0.29, 0.717) is 0 Å². The maximum Gasteiger partial charge on any atom is 0.0543 e. The Morgan fingerprint density at radius 1 is 1.47 bits per heavy atom. The van der Waals surface area contributed by atoms with Crippen LogP contribution in [0.4, 0.5) is 5.69 Å². The van der Waals surface area contributed by atoms with Crippen molar-refractivity contribution in [2.45, 2.75) is 11.3 Å². The number of hydrogen-bond acceptors (Lipinski definition) is 3. The van der Waals surface area contributed by atoms with Crippen LogP contribution >= 0.6 is 23.4 Å². The van der Waals surface area contributed by atoms with E-state index in [1.807, 2.05) is 42.3 Å². The van der Waals surface area contributed by atoms with E-state index in [-0.39, 0.29) is 0 Å². The number of benzene rings is 1. The van der Waals surface area contributed by atoms with Gasteiger partial charge in [0.2, 0.25) is 0 Å².